The van der Waals surface area contributed by atoms with Crippen LogP contribution in [0.3, 0.4) is 0 Å². The van der Waals surface area contributed by atoms with Gasteiger partial charge in [0.2, 0.25) is 0 Å². The van der Waals surface area contributed by atoms with Crippen molar-refractivity contribution in [2.75, 3.05) is 7.11 Å². The Hall–Kier alpha value is -1.76. The van der Waals surface area contributed by atoms with Crippen LogP contribution in [0.4, 0.5) is 13.2 Å². The van der Waals surface area contributed by atoms with Gasteiger partial charge in [0, 0.05) is 0 Å². The largest absolute Gasteiger partial charge is 0.507 e. The first-order valence-corrected chi connectivity index (χ1v) is 4.43. The molecule has 17 heavy (non-hydrogen) atoms. The minimum atomic E-state index is -4.84. The zero-order chi connectivity index (χ0) is 13.2. The summed E-state index contributed by atoms with van der Waals surface area (Å²) < 4.78 is 40.9. The van der Waals surface area contributed by atoms with Crippen molar-refractivity contribution in [2.24, 2.45) is 0 Å². The Morgan fingerprint density at radius 3 is 2.47 bits per heavy atom. The molecule has 0 amide bonds. The molecular weight excluding hydrogens is 241 g/mol. The number of esters is 1. The monoisotopic (exact) mass is 250 g/mol. The van der Waals surface area contributed by atoms with Crippen molar-refractivity contribution in [3.63, 3.8) is 0 Å². The number of carbonyl (C=O) groups excluding carboxylic acids is 1. The SMILES string of the molecule is COC(=O)c1cc([C@@H](O)C(F)(F)F)ccc1O. The van der Waals surface area contributed by atoms with Crippen LogP contribution in [-0.4, -0.2) is 29.5 Å². The molecule has 1 aromatic carbocycles. The molecule has 7 heteroatoms. The molecular formula is C10H9F3O4. The third kappa shape index (κ3) is 2.88. The van der Waals surface area contributed by atoms with E-state index in [9.17, 15) is 23.1 Å². The van der Waals surface area contributed by atoms with Crippen molar-refractivity contribution >= 4 is 5.97 Å². The van der Waals surface area contributed by atoms with Gasteiger partial charge in [-0.1, -0.05) is 6.07 Å². The molecule has 0 heterocycles. The molecule has 0 fully saturated rings. The number of halogens is 3. The predicted molar refractivity (Wildman–Crippen MR) is 50.5 cm³/mol. The molecule has 0 spiro atoms. The molecule has 2 N–H and O–H groups in total. The van der Waals surface area contributed by atoms with Crippen LogP contribution < -0.4 is 0 Å². The third-order valence-electron chi connectivity index (χ3n) is 2.05. The number of carbonyl (C=O) groups is 1. The highest BCUT2D eigenvalue weighted by Crippen LogP contribution is 2.34. The summed E-state index contributed by atoms with van der Waals surface area (Å²) in [5.74, 6) is -1.51. The Bertz CT molecular complexity index is 428. The maximum Gasteiger partial charge on any atom is 0.418 e. The minimum absolute atomic E-state index is 0.437. The first kappa shape index (κ1) is 13.3. The second-order valence-electron chi connectivity index (χ2n) is 3.21. The Labute approximate surface area is 94.3 Å². The fourth-order valence-electron chi connectivity index (χ4n) is 1.19. The summed E-state index contributed by atoms with van der Waals surface area (Å²) in [4.78, 5) is 11.1. The van der Waals surface area contributed by atoms with Crippen molar-refractivity contribution in [1.29, 1.82) is 0 Å². The highest BCUT2D eigenvalue weighted by atomic mass is 19.4. The summed E-state index contributed by atoms with van der Waals surface area (Å²) in [7, 11) is 1.02. The van der Waals surface area contributed by atoms with Crippen LogP contribution in [-0.2, 0) is 4.74 Å². The lowest BCUT2D eigenvalue weighted by Gasteiger charge is -2.15. The quantitative estimate of drug-likeness (QED) is 0.785. The number of phenols is 1. The van der Waals surface area contributed by atoms with Crippen LogP contribution in [0, 0.1) is 0 Å². The predicted octanol–water partition coefficient (Wildman–Crippen LogP) is 1.77. The molecule has 0 aliphatic heterocycles. The van der Waals surface area contributed by atoms with E-state index in [0.717, 1.165) is 25.3 Å². The molecule has 0 unspecified atom stereocenters. The van der Waals surface area contributed by atoms with Crippen LogP contribution in [0.25, 0.3) is 0 Å². The fourth-order valence-corrected chi connectivity index (χ4v) is 1.19. The topological polar surface area (TPSA) is 66.8 Å². The van der Waals surface area contributed by atoms with Gasteiger partial charge in [-0.15, -0.1) is 0 Å². The summed E-state index contributed by atoms with van der Waals surface area (Å²) in [6.45, 7) is 0. The van der Waals surface area contributed by atoms with E-state index < -0.39 is 35.1 Å². The molecule has 0 saturated heterocycles. The van der Waals surface area contributed by atoms with Crippen LogP contribution in [0.2, 0.25) is 0 Å². The lowest BCUT2D eigenvalue weighted by molar-refractivity contribution is -0.206. The lowest BCUT2D eigenvalue weighted by Crippen LogP contribution is -2.20. The highest BCUT2D eigenvalue weighted by Gasteiger charge is 2.39. The van der Waals surface area contributed by atoms with Gasteiger partial charge >= 0.3 is 12.1 Å². The Balaban J connectivity index is 3.17. The second-order valence-corrected chi connectivity index (χ2v) is 3.21. The van der Waals surface area contributed by atoms with Crippen molar-refractivity contribution < 1.29 is 32.9 Å². The van der Waals surface area contributed by atoms with Gasteiger partial charge in [-0.3, -0.25) is 0 Å². The van der Waals surface area contributed by atoms with Gasteiger partial charge in [-0.05, 0) is 17.7 Å². The smallest absolute Gasteiger partial charge is 0.418 e. The van der Waals surface area contributed by atoms with Crippen LogP contribution in [0.5, 0.6) is 5.75 Å². The maximum absolute atomic E-state index is 12.2. The highest BCUT2D eigenvalue weighted by molar-refractivity contribution is 5.92. The molecule has 0 bridgehead atoms. The number of hydrogen-bond donors (Lipinski definition) is 2. The maximum atomic E-state index is 12.2. The zero-order valence-corrected chi connectivity index (χ0v) is 8.65. The van der Waals surface area contributed by atoms with E-state index in [4.69, 9.17) is 5.11 Å². The molecule has 0 aliphatic rings. The molecule has 1 rings (SSSR count). The van der Waals surface area contributed by atoms with Gasteiger partial charge < -0.3 is 14.9 Å². The number of aliphatic hydroxyl groups excluding tert-OH is 1. The van der Waals surface area contributed by atoms with Crippen molar-refractivity contribution in [3.05, 3.63) is 29.3 Å². The number of methoxy groups -OCH3 is 1. The van der Waals surface area contributed by atoms with Crippen LogP contribution in [0.1, 0.15) is 22.0 Å². The summed E-state index contributed by atoms with van der Waals surface area (Å²) in [5, 5.41) is 18.2. The van der Waals surface area contributed by atoms with Gasteiger partial charge in [0.05, 0.1) is 7.11 Å². The molecule has 1 atom stereocenters. The summed E-state index contributed by atoms with van der Waals surface area (Å²) in [6.07, 6.45) is -7.56. The Morgan fingerprint density at radius 2 is 2.00 bits per heavy atom. The van der Waals surface area contributed by atoms with E-state index in [0.29, 0.717) is 0 Å². The molecule has 0 aliphatic carbocycles. The number of aliphatic hydroxyl groups is 1. The summed E-state index contributed by atoms with van der Waals surface area (Å²) in [6, 6.07) is 2.50. The van der Waals surface area contributed by atoms with E-state index in [1.807, 2.05) is 0 Å². The number of rotatable bonds is 2. The molecule has 0 radical (unpaired) electrons. The number of phenolic OH excluding ortho intramolecular Hbond substituents is 1. The number of benzene rings is 1. The zero-order valence-electron chi connectivity index (χ0n) is 8.65. The first-order valence-electron chi connectivity index (χ1n) is 4.43. The molecule has 4 nitrogen and oxygen atoms in total. The molecule has 1 aromatic rings. The van der Waals surface area contributed by atoms with Gasteiger partial charge in [-0.25, -0.2) is 4.79 Å². The summed E-state index contributed by atoms with van der Waals surface area (Å²) in [5.41, 5.74) is -0.982. The molecule has 94 valence electrons. The third-order valence-corrected chi connectivity index (χ3v) is 2.05. The van der Waals surface area contributed by atoms with E-state index in [1.165, 1.54) is 0 Å². The van der Waals surface area contributed by atoms with Crippen molar-refractivity contribution in [3.8, 4) is 5.75 Å². The lowest BCUT2D eigenvalue weighted by atomic mass is 10.0. The average Bonchev–Trinajstić information content (AvgIpc) is 2.26. The van der Waals surface area contributed by atoms with E-state index in [-0.39, 0.29) is 0 Å². The normalized spacial score (nSPS) is 13.2. The summed E-state index contributed by atoms with van der Waals surface area (Å²) >= 11 is 0. The minimum Gasteiger partial charge on any atom is -0.507 e. The van der Waals surface area contributed by atoms with Crippen molar-refractivity contribution in [2.45, 2.75) is 12.3 Å². The van der Waals surface area contributed by atoms with E-state index in [2.05, 4.69) is 4.74 Å². The van der Waals surface area contributed by atoms with Crippen LogP contribution in [0.15, 0.2) is 18.2 Å². The first-order chi connectivity index (χ1) is 7.77. The second kappa shape index (κ2) is 4.62. The fraction of sp³-hybridized carbons (Fsp3) is 0.300. The number of alkyl halides is 3. The van der Waals surface area contributed by atoms with Gasteiger partial charge in [0.15, 0.2) is 6.10 Å². The van der Waals surface area contributed by atoms with Crippen LogP contribution >= 0.6 is 0 Å². The number of hydrogen-bond acceptors (Lipinski definition) is 4. The van der Waals surface area contributed by atoms with Gasteiger partial charge in [-0.2, -0.15) is 13.2 Å². The number of ether oxygens (including phenoxy) is 1. The van der Waals surface area contributed by atoms with Crippen molar-refractivity contribution in [1.82, 2.24) is 0 Å². The average molecular weight is 250 g/mol. The van der Waals surface area contributed by atoms with Gasteiger partial charge in [0.1, 0.15) is 11.3 Å². The Kier molecular flexibility index (Phi) is 3.62. The molecule has 0 saturated carbocycles. The standard InChI is InChI=1S/C10H9F3O4/c1-17-9(16)6-4-5(2-3-7(6)14)8(15)10(11,12)13/h2-4,8,14-15H,1H3/t8-/m1/s1. The van der Waals surface area contributed by atoms with E-state index in [1.54, 1.807) is 0 Å². The van der Waals surface area contributed by atoms with E-state index >= 15 is 0 Å². The molecule has 0 aromatic heterocycles. The Morgan fingerprint density at radius 1 is 1.41 bits per heavy atom. The number of aromatic hydroxyl groups is 1. The van der Waals surface area contributed by atoms with Gasteiger partial charge in [0.25, 0.3) is 0 Å².